The zero-order chi connectivity index (χ0) is 17.1. The van der Waals surface area contributed by atoms with Crippen LogP contribution in [0.1, 0.15) is 6.92 Å². The number of para-hydroxylation sites is 1. The number of halogens is 2. The monoisotopic (exact) mass is 375 g/mol. The molecule has 0 saturated carbocycles. The van der Waals surface area contributed by atoms with Crippen LogP contribution in [0, 0.1) is 0 Å². The van der Waals surface area contributed by atoms with Gasteiger partial charge < -0.3 is 5.32 Å². The number of thioether (sulfide) groups is 1. The fourth-order valence-electron chi connectivity index (χ4n) is 2.34. The lowest BCUT2D eigenvalue weighted by atomic mass is 10.1. The molecule has 24 heavy (non-hydrogen) atoms. The average molecular weight is 376 g/mol. The third kappa shape index (κ3) is 3.86. The lowest BCUT2D eigenvalue weighted by Crippen LogP contribution is -2.22. The van der Waals surface area contributed by atoms with Gasteiger partial charge in [-0.25, -0.2) is 0 Å². The van der Waals surface area contributed by atoms with Crippen LogP contribution >= 0.6 is 35.0 Å². The molecule has 3 aromatic carbocycles. The van der Waals surface area contributed by atoms with Gasteiger partial charge in [-0.3, -0.25) is 4.79 Å². The van der Waals surface area contributed by atoms with Crippen LogP contribution in [-0.2, 0) is 4.79 Å². The van der Waals surface area contributed by atoms with Crippen molar-refractivity contribution in [2.45, 2.75) is 17.1 Å². The predicted octanol–water partition coefficient (Wildman–Crippen LogP) is 6.27. The SMILES string of the molecule is C[C@H](Sc1ccc2ccccc2c1)C(=O)Nc1c(Cl)cccc1Cl. The summed E-state index contributed by atoms with van der Waals surface area (Å²) < 4.78 is 0. The van der Waals surface area contributed by atoms with Gasteiger partial charge in [-0.05, 0) is 42.0 Å². The molecule has 0 heterocycles. The maximum atomic E-state index is 12.4. The van der Waals surface area contributed by atoms with Crippen molar-refractivity contribution in [3.8, 4) is 0 Å². The Morgan fingerprint density at radius 2 is 1.62 bits per heavy atom. The summed E-state index contributed by atoms with van der Waals surface area (Å²) in [5.41, 5.74) is 0.455. The molecule has 0 unspecified atom stereocenters. The second kappa shape index (κ2) is 7.47. The molecule has 5 heteroatoms. The summed E-state index contributed by atoms with van der Waals surface area (Å²) in [7, 11) is 0. The van der Waals surface area contributed by atoms with Crippen molar-refractivity contribution in [2.24, 2.45) is 0 Å². The molecule has 0 radical (unpaired) electrons. The molecule has 0 spiro atoms. The van der Waals surface area contributed by atoms with E-state index in [1.807, 2.05) is 25.1 Å². The molecule has 1 N–H and O–H groups in total. The number of benzene rings is 3. The largest absolute Gasteiger partial charge is 0.323 e. The van der Waals surface area contributed by atoms with E-state index < -0.39 is 0 Å². The first-order valence-electron chi connectivity index (χ1n) is 7.45. The van der Waals surface area contributed by atoms with Gasteiger partial charge in [-0.2, -0.15) is 0 Å². The van der Waals surface area contributed by atoms with Crippen molar-refractivity contribution in [1.82, 2.24) is 0 Å². The van der Waals surface area contributed by atoms with E-state index in [0.717, 1.165) is 10.3 Å². The number of anilines is 1. The summed E-state index contributed by atoms with van der Waals surface area (Å²) >= 11 is 13.7. The highest BCUT2D eigenvalue weighted by Crippen LogP contribution is 2.32. The van der Waals surface area contributed by atoms with Crippen LogP contribution in [0.25, 0.3) is 10.8 Å². The Kier molecular flexibility index (Phi) is 5.34. The Labute approximate surface area is 155 Å². The van der Waals surface area contributed by atoms with Gasteiger partial charge >= 0.3 is 0 Å². The van der Waals surface area contributed by atoms with E-state index in [0.29, 0.717) is 15.7 Å². The van der Waals surface area contributed by atoms with Crippen molar-refractivity contribution in [1.29, 1.82) is 0 Å². The van der Waals surface area contributed by atoms with Crippen molar-refractivity contribution in [3.63, 3.8) is 0 Å². The summed E-state index contributed by atoms with van der Waals surface area (Å²) in [5, 5.41) is 5.73. The highest BCUT2D eigenvalue weighted by molar-refractivity contribution is 8.00. The van der Waals surface area contributed by atoms with Crippen LogP contribution in [-0.4, -0.2) is 11.2 Å². The number of fused-ring (bicyclic) bond motifs is 1. The van der Waals surface area contributed by atoms with Gasteiger partial charge in [0.05, 0.1) is 21.0 Å². The van der Waals surface area contributed by atoms with Gasteiger partial charge in [-0.1, -0.05) is 59.6 Å². The van der Waals surface area contributed by atoms with Gasteiger partial charge in [-0.15, -0.1) is 11.8 Å². The standard InChI is InChI=1S/C19H15Cl2NOS/c1-12(19(23)22-18-16(20)7-4-8-17(18)21)24-15-10-9-13-5-2-3-6-14(13)11-15/h2-12H,1H3,(H,22,23)/t12-/m0/s1. The Hall–Kier alpha value is -1.68. The number of rotatable bonds is 4. The van der Waals surface area contributed by atoms with Gasteiger partial charge in [0.1, 0.15) is 0 Å². The molecule has 0 saturated heterocycles. The zero-order valence-electron chi connectivity index (χ0n) is 12.9. The first-order chi connectivity index (χ1) is 11.5. The van der Waals surface area contributed by atoms with Gasteiger partial charge in [0.15, 0.2) is 0 Å². The van der Waals surface area contributed by atoms with Crippen molar-refractivity contribution in [2.75, 3.05) is 5.32 Å². The quantitative estimate of drug-likeness (QED) is 0.544. The van der Waals surface area contributed by atoms with Crippen LogP contribution in [0.4, 0.5) is 5.69 Å². The lowest BCUT2D eigenvalue weighted by Gasteiger charge is -2.14. The topological polar surface area (TPSA) is 29.1 Å². The van der Waals surface area contributed by atoms with Crippen LogP contribution in [0.5, 0.6) is 0 Å². The Morgan fingerprint density at radius 1 is 0.958 bits per heavy atom. The second-order valence-corrected chi connectivity index (χ2v) is 7.58. The molecule has 2 nitrogen and oxygen atoms in total. The molecular formula is C19H15Cl2NOS. The Morgan fingerprint density at radius 3 is 2.33 bits per heavy atom. The molecule has 3 aromatic rings. The van der Waals surface area contributed by atoms with Crippen LogP contribution in [0.3, 0.4) is 0 Å². The highest BCUT2D eigenvalue weighted by Gasteiger charge is 2.17. The lowest BCUT2D eigenvalue weighted by molar-refractivity contribution is -0.115. The molecule has 122 valence electrons. The number of carbonyl (C=O) groups excluding carboxylic acids is 1. The van der Waals surface area contributed by atoms with E-state index in [1.165, 1.54) is 17.1 Å². The summed E-state index contributed by atoms with van der Waals surface area (Å²) in [6.07, 6.45) is 0. The maximum Gasteiger partial charge on any atom is 0.237 e. The van der Waals surface area contributed by atoms with E-state index in [-0.39, 0.29) is 11.2 Å². The van der Waals surface area contributed by atoms with E-state index in [1.54, 1.807) is 18.2 Å². The van der Waals surface area contributed by atoms with Crippen molar-refractivity contribution in [3.05, 3.63) is 70.7 Å². The maximum absolute atomic E-state index is 12.4. The Balaban J connectivity index is 1.73. The molecule has 1 atom stereocenters. The smallest absolute Gasteiger partial charge is 0.237 e. The fourth-order valence-corrected chi connectivity index (χ4v) is 3.75. The van der Waals surface area contributed by atoms with Crippen molar-refractivity contribution < 1.29 is 4.79 Å². The van der Waals surface area contributed by atoms with E-state index >= 15 is 0 Å². The fraction of sp³-hybridized carbons (Fsp3) is 0.105. The normalized spacial score (nSPS) is 12.1. The summed E-state index contributed by atoms with van der Waals surface area (Å²) in [5.74, 6) is -0.136. The Bertz CT molecular complexity index is 877. The zero-order valence-corrected chi connectivity index (χ0v) is 15.3. The molecule has 0 aliphatic rings. The van der Waals surface area contributed by atoms with Crippen LogP contribution in [0.15, 0.2) is 65.6 Å². The van der Waals surface area contributed by atoms with Gasteiger partial charge in [0.25, 0.3) is 0 Å². The first-order valence-corrected chi connectivity index (χ1v) is 9.08. The third-order valence-corrected chi connectivity index (χ3v) is 5.34. The van der Waals surface area contributed by atoms with Crippen LogP contribution in [0.2, 0.25) is 10.0 Å². The summed E-state index contributed by atoms with van der Waals surface area (Å²) in [4.78, 5) is 13.5. The van der Waals surface area contributed by atoms with Gasteiger partial charge in [0.2, 0.25) is 5.91 Å². The molecule has 0 aliphatic heterocycles. The minimum Gasteiger partial charge on any atom is -0.323 e. The van der Waals surface area contributed by atoms with E-state index in [2.05, 4.69) is 29.6 Å². The second-order valence-electron chi connectivity index (χ2n) is 5.35. The van der Waals surface area contributed by atoms with E-state index in [9.17, 15) is 4.79 Å². The van der Waals surface area contributed by atoms with E-state index in [4.69, 9.17) is 23.2 Å². The number of hydrogen-bond donors (Lipinski definition) is 1. The molecule has 0 fully saturated rings. The molecule has 0 aliphatic carbocycles. The molecule has 0 aromatic heterocycles. The summed E-state index contributed by atoms with van der Waals surface area (Å²) in [6.45, 7) is 1.86. The van der Waals surface area contributed by atoms with Crippen LogP contribution < -0.4 is 5.32 Å². The number of nitrogens with one attached hydrogen (secondary N) is 1. The van der Waals surface area contributed by atoms with Gasteiger partial charge in [0, 0.05) is 4.90 Å². The number of amides is 1. The molecule has 0 bridgehead atoms. The minimum atomic E-state index is -0.279. The highest BCUT2D eigenvalue weighted by atomic mass is 35.5. The predicted molar refractivity (Wildman–Crippen MR) is 104 cm³/mol. The summed E-state index contributed by atoms with van der Waals surface area (Å²) in [6, 6.07) is 19.5. The molecule has 1 amide bonds. The average Bonchev–Trinajstić information content (AvgIpc) is 2.58. The minimum absolute atomic E-state index is 0.136. The number of carbonyl (C=O) groups is 1. The number of hydrogen-bond acceptors (Lipinski definition) is 2. The third-order valence-electron chi connectivity index (χ3n) is 3.61. The first kappa shape index (κ1) is 17.2. The molecular weight excluding hydrogens is 361 g/mol. The van der Waals surface area contributed by atoms with Crippen molar-refractivity contribution >= 4 is 57.3 Å². The molecule has 3 rings (SSSR count).